The number of nitrogens with zero attached hydrogens (tertiary/aromatic N) is 6. The van der Waals surface area contributed by atoms with Gasteiger partial charge in [-0.15, -0.1) is 0 Å². The molecule has 0 aliphatic carbocycles. The molecule has 0 spiro atoms. The van der Waals surface area contributed by atoms with Gasteiger partial charge in [0, 0.05) is 64.4 Å². The van der Waals surface area contributed by atoms with Crippen LogP contribution in [0, 0.1) is 0 Å². The van der Waals surface area contributed by atoms with Crippen LogP contribution in [-0.4, -0.2) is 29.1 Å². The zero-order valence-electron chi connectivity index (χ0n) is 25.6. The van der Waals surface area contributed by atoms with E-state index in [2.05, 4.69) is 112 Å². The number of fused-ring (bicyclic) bond motifs is 4. The summed E-state index contributed by atoms with van der Waals surface area (Å²) in [5.74, 6) is 0.910. The van der Waals surface area contributed by atoms with Gasteiger partial charge >= 0.3 is 0 Å². The Kier molecular flexibility index (Phi) is 6.25. The molecule has 0 saturated heterocycles. The van der Waals surface area contributed by atoms with Gasteiger partial charge in [0.2, 0.25) is 0 Å². The minimum absolute atomic E-state index is 0.910. The molecule has 0 aliphatic heterocycles. The van der Waals surface area contributed by atoms with Gasteiger partial charge in [-0.3, -0.25) is 15.0 Å². The van der Waals surface area contributed by atoms with Gasteiger partial charge in [0.1, 0.15) is 5.82 Å². The fourth-order valence-electron chi connectivity index (χ4n) is 6.63. The van der Waals surface area contributed by atoms with Crippen molar-refractivity contribution in [2.75, 3.05) is 0 Å². The van der Waals surface area contributed by atoms with E-state index >= 15 is 0 Å². The third-order valence-corrected chi connectivity index (χ3v) is 8.87. The van der Waals surface area contributed by atoms with Crippen molar-refractivity contribution >= 4 is 32.8 Å². The number of rotatable bonds is 5. The maximum Gasteiger partial charge on any atom is 0.140 e. The Balaban J connectivity index is 1.27. The molecule has 0 saturated carbocycles. The van der Waals surface area contributed by atoms with Crippen LogP contribution >= 0.6 is 0 Å². The minimum atomic E-state index is 0.910. The van der Waals surface area contributed by atoms with Gasteiger partial charge in [-0.1, -0.05) is 54.6 Å². The Hall–Kier alpha value is -6.40. The monoisotopic (exact) mass is 604 g/mol. The number of pyridine rings is 3. The lowest BCUT2D eigenvalue weighted by Crippen LogP contribution is -1.98. The van der Waals surface area contributed by atoms with Crippen molar-refractivity contribution in [3.8, 4) is 50.8 Å². The van der Waals surface area contributed by atoms with Crippen molar-refractivity contribution in [2.45, 2.75) is 0 Å². The van der Waals surface area contributed by atoms with Gasteiger partial charge in [-0.05, 0) is 78.9 Å². The highest BCUT2D eigenvalue weighted by Crippen LogP contribution is 2.37. The lowest BCUT2D eigenvalue weighted by atomic mass is 10.0. The molecule has 0 N–H and O–H groups in total. The number of imidazole rings is 1. The summed E-state index contributed by atoms with van der Waals surface area (Å²) in [5, 5.41) is 2.38. The molecule has 0 unspecified atom stereocenters. The molecule has 0 bridgehead atoms. The van der Waals surface area contributed by atoms with E-state index in [4.69, 9.17) is 15.0 Å². The van der Waals surface area contributed by atoms with Crippen LogP contribution in [0.4, 0.5) is 0 Å². The third kappa shape index (κ3) is 4.58. The van der Waals surface area contributed by atoms with Crippen molar-refractivity contribution in [3.63, 3.8) is 0 Å². The Labute approximate surface area is 271 Å². The van der Waals surface area contributed by atoms with Crippen molar-refractivity contribution in [3.05, 3.63) is 152 Å². The number of aryl methyl sites for hydroxylation is 1. The molecule has 9 rings (SSSR count). The fraction of sp³-hybridized carbons (Fsp3) is 0.0244. The quantitative estimate of drug-likeness (QED) is 0.196. The lowest BCUT2D eigenvalue weighted by molar-refractivity contribution is 0.959. The Morgan fingerprint density at radius 2 is 1.02 bits per heavy atom. The van der Waals surface area contributed by atoms with Crippen molar-refractivity contribution < 1.29 is 0 Å². The molecule has 0 amide bonds. The van der Waals surface area contributed by atoms with Crippen LogP contribution in [0.2, 0.25) is 0 Å². The van der Waals surface area contributed by atoms with E-state index in [1.165, 1.54) is 10.8 Å². The highest BCUT2D eigenvalue weighted by Gasteiger charge is 2.18. The second-order valence-corrected chi connectivity index (χ2v) is 11.7. The number of benzene rings is 4. The summed E-state index contributed by atoms with van der Waals surface area (Å²) in [7, 11) is 2.09. The summed E-state index contributed by atoms with van der Waals surface area (Å²) in [6, 6.07) is 46.3. The molecule has 0 radical (unpaired) electrons. The molecular weight excluding hydrogens is 576 g/mol. The summed E-state index contributed by atoms with van der Waals surface area (Å²) < 4.78 is 4.53. The Morgan fingerprint density at radius 3 is 1.68 bits per heavy atom. The fourth-order valence-corrected chi connectivity index (χ4v) is 6.63. The first-order valence-electron chi connectivity index (χ1n) is 15.6. The molecule has 6 nitrogen and oxygen atoms in total. The van der Waals surface area contributed by atoms with Gasteiger partial charge in [0.05, 0.1) is 39.1 Å². The molecule has 5 aromatic heterocycles. The van der Waals surface area contributed by atoms with Crippen LogP contribution in [-0.2, 0) is 7.05 Å². The largest absolute Gasteiger partial charge is 0.327 e. The number of aromatic nitrogens is 6. The van der Waals surface area contributed by atoms with Gasteiger partial charge < -0.3 is 9.13 Å². The zero-order valence-corrected chi connectivity index (χ0v) is 25.6. The van der Waals surface area contributed by atoms with Crippen molar-refractivity contribution in [1.82, 2.24) is 29.1 Å². The summed E-state index contributed by atoms with van der Waals surface area (Å²) in [6.45, 7) is 0. The molecule has 222 valence electrons. The summed E-state index contributed by atoms with van der Waals surface area (Å²) in [6.07, 6.45) is 5.50. The molecule has 6 heteroatoms. The highest BCUT2D eigenvalue weighted by molar-refractivity contribution is 6.10. The smallest absolute Gasteiger partial charge is 0.140 e. The minimum Gasteiger partial charge on any atom is -0.327 e. The van der Waals surface area contributed by atoms with Gasteiger partial charge in [0.15, 0.2) is 0 Å². The molecule has 0 fully saturated rings. The zero-order chi connectivity index (χ0) is 31.3. The maximum absolute atomic E-state index is 5.10. The van der Waals surface area contributed by atoms with Crippen LogP contribution in [0.1, 0.15) is 0 Å². The van der Waals surface area contributed by atoms with Crippen LogP contribution in [0.25, 0.3) is 83.7 Å². The first kappa shape index (κ1) is 27.0. The summed E-state index contributed by atoms with van der Waals surface area (Å²) >= 11 is 0. The first-order chi connectivity index (χ1) is 23.2. The van der Waals surface area contributed by atoms with Crippen molar-refractivity contribution in [2.24, 2.45) is 7.05 Å². The lowest BCUT2D eigenvalue weighted by Gasteiger charge is -2.13. The summed E-state index contributed by atoms with van der Waals surface area (Å²) in [4.78, 5) is 19.1. The Bertz CT molecular complexity index is 2510. The second kappa shape index (κ2) is 10.9. The maximum atomic E-state index is 5.10. The van der Waals surface area contributed by atoms with E-state index in [1.54, 1.807) is 0 Å². The molecule has 9 aromatic rings. The van der Waals surface area contributed by atoms with E-state index in [-0.39, 0.29) is 0 Å². The van der Waals surface area contributed by atoms with E-state index in [0.717, 1.165) is 72.9 Å². The standard InChI is InChI=1S/C41H28N6/c1-46-40-25-27(34-11-4-7-19-42-34)16-18-37(40)45-41(46)28-15-17-33-32-10-2-3-14-38(32)47(39(33)26-28)31-23-29(35-12-5-8-20-43-35)22-30(24-31)36-13-6-9-21-44-36/h2-26H,1H3. The van der Waals surface area contributed by atoms with E-state index in [9.17, 15) is 0 Å². The van der Waals surface area contributed by atoms with E-state index in [0.29, 0.717) is 0 Å². The average Bonchev–Trinajstić information content (AvgIpc) is 3.66. The molecule has 0 aliphatic rings. The normalized spacial score (nSPS) is 11.5. The van der Waals surface area contributed by atoms with Crippen LogP contribution < -0.4 is 0 Å². The molecule has 5 heterocycles. The van der Waals surface area contributed by atoms with E-state index < -0.39 is 0 Å². The number of hydrogen-bond donors (Lipinski definition) is 0. The van der Waals surface area contributed by atoms with Gasteiger partial charge in [-0.25, -0.2) is 4.98 Å². The molecule has 47 heavy (non-hydrogen) atoms. The average molecular weight is 605 g/mol. The summed E-state index contributed by atoms with van der Waals surface area (Å²) in [5.41, 5.74) is 12.3. The predicted molar refractivity (Wildman–Crippen MR) is 190 cm³/mol. The van der Waals surface area contributed by atoms with E-state index in [1.807, 2.05) is 61.1 Å². The topological polar surface area (TPSA) is 61.4 Å². The number of hydrogen-bond acceptors (Lipinski definition) is 4. The molecule has 0 atom stereocenters. The SMILES string of the molecule is Cn1c(-c2ccc3c4ccccc4n(-c4cc(-c5ccccn5)cc(-c5ccccn5)c4)c3c2)nc2ccc(-c3ccccn3)cc21. The van der Waals surface area contributed by atoms with Gasteiger partial charge in [-0.2, -0.15) is 0 Å². The highest BCUT2D eigenvalue weighted by atomic mass is 15.1. The van der Waals surface area contributed by atoms with Gasteiger partial charge in [0.25, 0.3) is 0 Å². The predicted octanol–water partition coefficient (Wildman–Crippen LogP) is 9.52. The van der Waals surface area contributed by atoms with Crippen LogP contribution in [0.15, 0.2) is 152 Å². The molecule has 4 aromatic carbocycles. The van der Waals surface area contributed by atoms with Crippen LogP contribution in [0.5, 0.6) is 0 Å². The first-order valence-corrected chi connectivity index (χ1v) is 15.6. The van der Waals surface area contributed by atoms with Crippen molar-refractivity contribution in [1.29, 1.82) is 0 Å². The van der Waals surface area contributed by atoms with Crippen LogP contribution in [0.3, 0.4) is 0 Å². The Morgan fingerprint density at radius 1 is 0.447 bits per heavy atom. The number of para-hydroxylation sites is 1. The second-order valence-electron chi connectivity index (χ2n) is 11.7. The molecular formula is C41H28N6. The third-order valence-electron chi connectivity index (χ3n) is 8.87.